The van der Waals surface area contributed by atoms with Crippen molar-refractivity contribution in [3.8, 4) is 0 Å². The molecule has 0 aliphatic heterocycles. The largest absolute Gasteiger partial charge is 0.325 e. The molecule has 0 radical (unpaired) electrons. The van der Waals surface area contributed by atoms with Crippen LogP contribution in [0, 0.1) is 0 Å². The van der Waals surface area contributed by atoms with Crippen molar-refractivity contribution < 1.29 is 0 Å². The van der Waals surface area contributed by atoms with Crippen molar-refractivity contribution in [3.05, 3.63) is 41.7 Å². The van der Waals surface area contributed by atoms with Crippen molar-refractivity contribution in [1.29, 1.82) is 0 Å². The molecule has 0 aliphatic carbocycles. The van der Waals surface area contributed by atoms with Crippen LogP contribution in [-0.2, 0) is 6.54 Å². The lowest BCUT2D eigenvalue weighted by Crippen LogP contribution is -1.99. The molecular weight excluding hydrogens is 184 g/mol. The number of pyridine rings is 1. The van der Waals surface area contributed by atoms with E-state index in [1.54, 1.807) is 0 Å². The third kappa shape index (κ3) is 2.00. The summed E-state index contributed by atoms with van der Waals surface area (Å²) in [6, 6.07) is 8.58. The smallest absolute Gasteiger partial charge is 0.0545 e. The highest BCUT2D eigenvalue weighted by Gasteiger charge is 2.01. The van der Waals surface area contributed by atoms with E-state index < -0.39 is 0 Å². The summed E-state index contributed by atoms with van der Waals surface area (Å²) in [4.78, 5) is 4.27. The van der Waals surface area contributed by atoms with Crippen LogP contribution in [0.1, 0.15) is 31.0 Å². The first kappa shape index (κ1) is 10.1. The van der Waals surface area contributed by atoms with Gasteiger partial charge in [-0.2, -0.15) is 0 Å². The molecule has 2 aromatic rings. The Kier molecular flexibility index (Phi) is 2.69. The van der Waals surface area contributed by atoms with Gasteiger partial charge in [0.2, 0.25) is 0 Å². The Morgan fingerprint density at radius 3 is 2.67 bits per heavy atom. The number of hydrogen-bond acceptors (Lipinski definition) is 2. The number of aromatic nitrogens is 1. The Morgan fingerprint density at radius 1 is 1.20 bits per heavy atom. The summed E-state index contributed by atoms with van der Waals surface area (Å²) < 4.78 is 0. The summed E-state index contributed by atoms with van der Waals surface area (Å²) in [5.74, 6) is 0.559. The van der Waals surface area contributed by atoms with E-state index in [1.807, 2.05) is 6.20 Å². The zero-order valence-corrected chi connectivity index (χ0v) is 9.20. The van der Waals surface area contributed by atoms with Crippen LogP contribution in [-0.4, -0.2) is 4.98 Å². The molecular formula is C13H16N2. The van der Waals surface area contributed by atoms with Crippen LogP contribution in [0.2, 0.25) is 0 Å². The molecule has 2 rings (SSSR count). The molecule has 2 nitrogen and oxygen atoms in total. The number of nitrogens with zero attached hydrogens (tertiary/aromatic N) is 1. The predicted molar refractivity (Wildman–Crippen MR) is 63.7 cm³/mol. The molecule has 1 aromatic heterocycles. The van der Waals surface area contributed by atoms with E-state index in [0.29, 0.717) is 12.5 Å². The fraction of sp³-hybridized carbons (Fsp3) is 0.308. The maximum atomic E-state index is 5.58. The molecule has 0 amide bonds. The highest BCUT2D eigenvalue weighted by Crippen LogP contribution is 2.21. The van der Waals surface area contributed by atoms with Gasteiger partial charge in [0.15, 0.2) is 0 Å². The van der Waals surface area contributed by atoms with Gasteiger partial charge in [0, 0.05) is 18.1 Å². The maximum Gasteiger partial charge on any atom is 0.0545 e. The van der Waals surface area contributed by atoms with Crippen molar-refractivity contribution in [1.82, 2.24) is 4.98 Å². The molecule has 0 spiro atoms. The first-order valence-corrected chi connectivity index (χ1v) is 5.29. The molecule has 0 bridgehead atoms. The van der Waals surface area contributed by atoms with Crippen LogP contribution in [0.3, 0.4) is 0 Å². The van der Waals surface area contributed by atoms with Gasteiger partial charge in [-0.05, 0) is 22.9 Å². The maximum absolute atomic E-state index is 5.58. The van der Waals surface area contributed by atoms with E-state index in [9.17, 15) is 0 Å². The van der Waals surface area contributed by atoms with Crippen molar-refractivity contribution >= 4 is 10.8 Å². The van der Waals surface area contributed by atoms with Crippen molar-refractivity contribution in [2.75, 3.05) is 0 Å². The summed E-state index contributed by atoms with van der Waals surface area (Å²) in [5, 5.41) is 2.41. The third-order valence-electron chi connectivity index (χ3n) is 2.68. The number of benzene rings is 1. The molecule has 2 heteroatoms. The topological polar surface area (TPSA) is 38.9 Å². The molecule has 78 valence electrons. The van der Waals surface area contributed by atoms with Crippen molar-refractivity contribution in [3.63, 3.8) is 0 Å². The number of rotatable bonds is 2. The van der Waals surface area contributed by atoms with Gasteiger partial charge in [0.05, 0.1) is 5.69 Å². The third-order valence-corrected chi connectivity index (χ3v) is 2.68. The Balaban J connectivity index is 2.57. The lowest BCUT2D eigenvalue weighted by atomic mass is 10.00. The monoisotopic (exact) mass is 200 g/mol. The highest BCUT2D eigenvalue weighted by atomic mass is 14.7. The fourth-order valence-corrected chi connectivity index (χ4v) is 1.68. The SMILES string of the molecule is CC(C)c1ccc2cnc(CN)cc2c1. The quantitative estimate of drug-likeness (QED) is 0.809. The minimum atomic E-state index is 0.502. The molecule has 0 fully saturated rings. The summed E-state index contributed by atoms with van der Waals surface area (Å²) in [5.41, 5.74) is 7.88. The summed E-state index contributed by atoms with van der Waals surface area (Å²) in [6.07, 6.45) is 1.89. The second-order valence-corrected chi connectivity index (χ2v) is 4.14. The number of nitrogens with two attached hydrogens (primary N) is 1. The molecule has 0 atom stereocenters. The Hall–Kier alpha value is -1.41. The van der Waals surface area contributed by atoms with Crippen LogP contribution in [0.5, 0.6) is 0 Å². The standard InChI is InChI=1S/C13H16N2/c1-9(2)10-3-4-11-8-15-13(7-14)6-12(11)5-10/h3-6,8-9H,7,14H2,1-2H3. The van der Waals surface area contributed by atoms with Gasteiger partial charge in [-0.1, -0.05) is 32.0 Å². The van der Waals surface area contributed by atoms with E-state index in [4.69, 9.17) is 5.73 Å². The van der Waals surface area contributed by atoms with Crippen LogP contribution in [0.25, 0.3) is 10.8 Å². The first-order chi connectivity index (χ1) is 7.20. The molecule has 0 aliphatic rings. The van der Waals surface area contributed by atoms with Crippen LogP contribution in [0.4, 0.5) is 0 Å². The molecule has 0 saturated heterocycles. The minimum Gasteiger partial charge on any atom is -0.325 e. The molecule has 15 heavy (non-hydrogen) atoms. The molecule has 1 aromatic carbocycles. The molecule has 0 unspecified atom stereocenters. The van der Waals surface area contributed by atoms with Crippen LogP contribution < -0.4 is 5.73 Å². The van der Waals surface area contributed by atoms with Crippen molar-refractivity contribution in [2.45, 2.75) is 26.3 Å². The summed E-state index contributed by atoms with van der Waals surface area (Å²) in [7, 11) is 0. The second kappa shape index (κ2) is 3.99. The van der Waals surface area contributed by atoms with Gasteiger partial charge in [-0.3, -0.25) is 4.98 Å². The number of hydrogen-bond donors (Lipinski definition) is 1. The average Bonchev–Trinajstić information content (AvgIpc) is 2.27. The van der Waals surface area contributed by atoms with Gasteiger partial charge in [-0.25, -0.2) is 0 Å². The minimum absolute atomic E-state index is 0.502. The molecule has 1 heterocycles. The predicted octanol–water partition coefficient (Wildman–Crippen LogP) is 2.82. The average molecular weight is 200 g/mol. The summed E-state index contributed by atoms with van der Waals surface area (Å²) in [6.45, 7) is 4.90. The normalized spacial score (nSPS) is 11.2. The van der Waals surface area contributed by atoms with Crippen LogP contribution in [0.15, 0.2) is 30.5 Å². The number of fused-ring (bicyclic) bond motifs is 1. The van der Waals surface area contributed by atoms with Gasteiger partial charge in [0.25, 0.3) is 0 Å². The Labute approximate surface area is 90.1 Å². The lowest BCUT2D eigenvalue weighted by Gasteiger charge is -2.07. The highest BCUT2D eigenvalue weighted by molar-refractivity contribution is 5.82. The second-order valence-electron chi connectivity index (χ2n) is 4.14. The zero-order chi connectivity index (χ0) is 10.8. The zero-order valence-electron chi connectivity index (χ0n) is 9.20. The van der Waals surface area contributed by atoms with Gasteiger partial charge in [-0.15, -0.1) is 0 Å². The lowest BCUT2D eigenvalue weighted by molar-refractivity contribution is 0.868. The van der Waals surface area contributed by atoms with E-state index in [0.717, 1.165) is 5.69 Å². The molecule has 0 saturated carbocycles. The van der Waals surface area contributed by atoms with Gasteiger partial charge in [0.1, 0.15) is 0 Å². The first-order valence-electron chi connectivity index (χ1n) is 5.29. The summed E-state index contributed by atoms with van der Waals surface area (Å²) >= 11 is 0. The Morgan fingerprint density at radius 2 is 2.00 bits per heavy atom. The van der Waals surface area contributed by atoms with Gasteiger partial charge >= 0.3 is 0 Å². The van der Waals surface area contributed by atoms with E-state index in [2.05, 4.69) is 43.1 Å². The van der Waals surface area contributed by atoms with E-state index >= 15 is 0 Å². The van der Waals surface area contributed by atoms with E-state index in [-0.39, 0.29) is 0 Å². The van der Waals surface area contributed by atoms with E-state index in [1.165, 1.54) is 16.3 Å². The van der Waals surface area contributed by atoms with Gasteiger partial charge < -0.3 is 5.73 Å². The fourth-order valence-electron chi connectivity index (χ4n) is 1.68. The van der Waals surface area contributed by atoms with Crippen molar-refractivity contribution in [2.24, 2.45) is 5.73 Å². The Bertz CT molecular complexity index is 475. The molecule has 2 N–H and O–H groups in total. The van der Waals surface area contributed by atoms with Crippen LogP contribution >= 0.6 is 0 Å².